The number of fused-ring (bicyclic) bond motifs is 1. The molecule has 4 nitrogen and oxygen atoms in total. The maximum Gasteiger partial charge on any atom is 0.151 e. The molecule has 0 saturated heterocycles. The average molecular weight is 433 g/mol. The van der Waals surface area contributed by atoms with Crippen LogP contribution in [0.15, 0.2) is 63.7 Å². The van der Waals surface area contributed by atoms with Gasteiger partial charge in [0.15, 0.2) is 5.76 Å². The maximum absolute atomic E-state index is 5.45. The highest BCUT2D eigenvalue weighted by Crippen LogP contribution is 2.23. The second-order valence-electron chi connectivity index (χ2n) is 6.15. The van der Waals surface area contributed by atoms with E-state index in [9.17, 15) is 0 Å². The molecule has 134 valence electrons. The molecule has 0 fully saturated rings. The van der Waals surface area contributed by atoms with Crippen LogP contribution in [0.1, 0.15) is 16.9 Å². The van der Waals surface area contributed by atoms with Crippen LogP contribution in [0.3, 0.4) is 0 Å². The van der Waals surface area contributed by atoms with E-state index in [1.54, 1.807) is 0 Å². The fourth-order valence-corrected chi connectivity index (χ4v) is 3.23. The van der Waals surface area contributed by atoms with Crippen LogP contribution in [0, 0.1) is 6.92 Å². The number of nitrogens with zero attached hydrogens (tertiary/aromatic N) is 1. The van der Waals surface area contributed by atoms with Crippen molar-refractivity contribution in [2.75, 3.05) is 0 Å². The van der Waals surface area contributed by atoms with Gasteiger partial charge in [-0.1, -0.05) is 50.9 Å². The summed E-state index contributed by atoms with van der Waals surface area (Å²) in [6, 6.07) is 16.5. The highest BCUT2D eigenvalue weighted by atomic mass is 79.9. The fraction of sp³-hybridized carbons (Fsp3) is 0.150. The van der Waals surface area contributed by atoms with Crippen molar-refractivity contribution >= 4 is 39.2 Å². The lowest BCUT2D eigenvalue weighted by Crippen LogP contribution is -2.11. The van der Waals surface area contributed by atoms with Crippen molar-refractivity contribution < 1.29 is 4.52 Å². The number of rotatable bonds is 5. The Balaban J connectivity index is 0.00000196. The van der Waals surface area contributed by atoms with Gasteiger partial charge in [0.25, 0.3) is 0 Å². The topological polar surface area (TPSA) is 53.9 Å². The van der Waals surface area contributed by atoms with Crippen LogP contribution in [0.4, 0.5) is 0 Å². The molecule has 0 amide bonds. The van der Waals surface area contributed by atoms with E-state index in [4.69, 9.17) is 4.52 Å². The lowest BCUT2D eigenvalue weighted by atomic mass is 10.1. The number of nitrogens with one attached hydrogen (secondary N) is 2. The maximum atomic E-state index is 5.45. The second-order valence-corrected chi connectivity index (χ2v) is 7.07. The van der Waals surface area contributed by atoms with Crippen LogP contribution in [0.5, 0.6) is 0 Å². The second kappa shape index (κ2) is 8.08. The molecule has 4 rings (SSSR count). The van der Waals surface area contributed by atoms with E-state index in [2.05, 4.69) is 74.7 Å². The molecule has 26 heavy (non-hydrogen) atoms. The third-order valence-electron chi connectivity index (χ3n) is 4.25. The van der Waals surface area contributed by atoms with Gasteiger partial charge in [0.05, 0.1) is 6.54 Å². The van der Waals surface area contributed by atoms with Gasteiger partial charge in [-0.25, -0.2) is 0 Å². The summed E-state index contributed by atoms with van der Waals surface area (Å²) in [5.41, 5.74) is 5.55. The highest BCUT2D eigenvalue weighted by molar-refractivity contribution is 9.10. The van der Waals surface area contributed by atoms with Gasteiger partial charge in [-0.2, -0.15) is 0 Å². The lowest BCUT2D eigenvalue weighted by Gasteiger charge is -2.01. The highest BCUT2D eigenvalue weighted by Gasteiger charge is 2.08. The Morgan fingerprint density at radius 1 is 1.08 bits per heavy atom. The summed E-state index contributed by atoms with van der Waals surface area (Å²) in [4.78, 5) is 3.30. The van der Waals surface area contributed by atoms with Crippen LogP contribution in [-0.4, -0.2) is 10.1 Å². The zero-order valence-corrected chi connectivity index (χ0v) is 16.7. The molecule has 2 heterocycles. The van der Waals surface area contributed by atoms with Gasteiger partial charge in [0.1, 0.15) is 5.69 Å². The quantitative estimate of drug-likeness (QED) is 0.431. The van der Waals surface area contributed by atoms with E-state index < -0.39 is 0 Å². The van der Waals surface area contributed by atoms with Crippen molar-refractivity contribution in [1.82, 2.24) is 15.5 Å². The molecule has 0 saturated carbocycles. The third kappa shape index (κ3) is 4.01. The molecule has 6 heteroatoms. The minimum Gasteiger partial charge on any atom is -0.361 e. The minimum atomic E-state index is 0. The standard InChI is InChI=1S/C20H18BrN3O.ClH/c1-13-2-4-14(5-3-13)20-9-17(25-24-20)12-22-10-15-11-23-19-7-6-16(21)8-18(15)19;/h2-9,11,22-23H,10,12H2,1H3;1H. The number of hydrogen-bond donors (Lipinski definition) is 2. The van der Waals surface area contributed by atoms with E-state index in [1.807, 2.05) is 18.3 Å². The Morgan fingerprint density at radius 3 is 2.69 bits per heavy atom. The number of aryl methyl sites for hydroxylation is 1. The van der Waals surface area contributed by atoms with E-state index in [0.29, 0.717) is 6.54 Å². The number of H-pyrrole nitrogens is 1. The van der Waals surface area contributed by atoms with Gasteiger partial charge in [-0.15, -0.1) is 12.4 Å². The Hall–Kier alpha value is -2.08. The first-order valence-electron chi connectivity index (χ1n) is 8.18. The fourth-order valence-electron chi connectivity index (χ4n) is 2.87. The van der Waals surface area contributed by atoms with Crippen LogP contribution in [0.25, 0.3) is 22.2 Å². The smallest absolute Gasteiger partial charge is 0.151 e. The molecule has 0 unspecified atom stereocenters. The molecule has 2 N–H and O–H groups in total. The molecule has 0 aliphatic heterocycles. The molecular weight excluding hydrogens is 414 g/mol. The predicted molar refractivity (Wildman–Crippen MR) is 110 cm³/mol. The molecule has 2 aromatic heterocycles. The normalized spacial score (nSPS) is 10.8. The van der Waals surface area contributed by atoms with Crippen LogP contribution < -0.4 is 5.32 Å². The lowest BCUT2D eigenvalue weighted by molar-refractivity contribution is 0.374. The summed E-state index contributed by atoms with van der Waals surface area (Å²) >= 11 is 3.53. The van der Waals surface area contributed by atoms with Gasteiger partial charge in [0.2, 0.25) is 0 Å². The number of benzene rings is 2. The first-order chi connectivity index (χ1) is 12.2. The average Bonchev–Trinajstić information content (AvgIpc) is 3.23. The van der Waals surface area contributed by atoms with Crippen molar-refractivity contribution in [3.05, 3.63) is 76.1 Å². The van der Waals surface area contributed by atoms with E-state index in [1.165, 1.54) is 16.5 Å². The monoisotopic (exact) mass is 431 g/mol. The van der Waals surface area contributed by atoms with Crippen molar-refractivity contribution in [2.45, 2.75) is 20.0 Å². The zero-order valence-electron chi connectivity index (χ0n) is 14.3. The van der Waals surface area contributed by atoms with E-state index in [0.717, 1.165) is 33.6 Å². The summed E-state index contributed by atoms with van der Waals surface area (Å²) in [5.74, 6) is 0.830. The molecule has 2 aromatic carbocycles. The summed E-state index contributed by atoms with van der Waals surface area (Å²) in [7, 11) is 0. The molecule has 0 spiro atoms. The van der Waals surface area contributed by atoms with Crippen LogP contribution in [0.2, 0.25) is 0 Å². The van der Waals surface area contributed by atoms with Crippen LogP contribution >= 0.6 is 28.3 Å². The van der Waals surface area contributed by atoms with Crippen molar-refractivity contribution in [3.8, 4) is 11.3 Å². The third-order valence-corrected chi connectivity index (χ3v) is 4.74. The van der Waals surface area contributed by atoms with Gasteiger partial charge >= 0.3 is 0 Å². The number of aromatic amines is 1. The molecule has 0 atom stereocenters. The first-order valence-corrected chi connectivity index (χ1v) is 8.97. The summed E-state index contributed by atoms with van der Waals surface area (Å²) < 4.78 is 6.53. The predicted octanol–water partition coefficient (Wildman–Crippen LogP) is 5.61. The molecule has 0 aliphatic rings. The first kappa shape index (κ1) is 18.7. The van der Waals surface area contributed by atoms with Crippen molar-refractivity contribution in [1.29, 1.82) is 0 Å². The van der Waals surface area contributed by atoms with Crippen LogP contribution in [-0.2, 0) is 13.1 Å². The number of hydrogen-bond acceptors (Lipinski definition) is 3. The molecular formula is C20H19BrClN3O. The van der Waals surface area contributed by atoms with E-state index in [-0.39, 0.29) is 12.4 Å². The number of halogens is 2. The van der Waals surface area contributed by atoms with Gasteiger partial charge in [0, 0.05) is 39.7 Å². The Bertz CT molecular complexity index is 1010. The molecule has 0 aliphatic carbocycles. The zero-order chi connectivity index (χ0) is 17.2. The summed E-state index contributed by atoms with van der Waals surface area (Å²) in [5, 5.41) is 8.81. The molecule has 4 aromatic rings. The SMILES string of the molecule is Cc1ccc(-c2cc(CNCc3c[nH]c4ccc(Br)cc34)on2)cc1.Cl. The largest absolute Gasteiger partial charge is 0.361 e. The Labute approximate surface area is 166 Å². The molecule has 0 bridgehead atoms. The van der Waals surface area contributed by atoms with Crippen molar-refractivity contribution in [3.63, 3.8) is 0 Å². The van der Waals surface area contributed by atoms with E-state index >= 15 is 0 Å². The summed E-state index contributed by atoms with van der Waals surface area (Å²) in [6.45, 7) is 3.47. The minimum absolute atomic E-state index is 0. The van der Waals surface area contributed by atoms with Gasteiger partial charge in [-0.3, -0.25) is 0 Å². The van der Waals surface area contributed by atoms with Crippen molar-refractivity contribution in [2.24, 2.45) is 0 Å². The Morgan fingerprint density at radius 2 is 1.88 bits per heavy atom. The molecule has 0 radical (unpaired) electrons. The number of aromatic nitrogens is 2. The Kier molecular flexibility index (Phi) is 5.81. The summed E-state index contributed by atoms with van der Waals surface area (Å²) in [6.07, 6.45) is 2.04. The van der Waals surface area contributed by atoms with Gasteiger partial charge in [-0.05, 0) is 30.7 Å². The van der Waals surface area contributed by atoms with Gasteiger partial charge < -0.3 is 14.8 Å².